The Bertz CT molecular complexity index is 747. The van der Waals surface area contributed by atoms with Crippen molar-refractivity contribution in [3.63, 3.8) is 0 Å². The van der Waals surface area contributed by atoms with Gasteiger partial charge < -0.3 is 0 Å². The summed E-state index contributed by atoms with van der Waals surface area (Å²) >= 11 is 0. The van der Waals surface area contributed by atoms with Gasteiger partial charge in [0.15, 0.2) is 0 Å². The SMILES string of the molecule is CC(C)c1ccccc1-c1ccccc1C12CC3CC(CC(C3)C1)C2. The molecule has 0 saturated heterocycles. The average Bonchev–Trinajstić information content (AvgIpc) is 2.60. The fourth-order valence-corrected chi connectivity index (χ4v) is 6.87. The van der Waals surface area contributed by atoms with Crippen molar-refractivity contribution < 1.29 is 0 Å². The molecule has 4 bridgehead atoms. The van der Waals surface area contributed by atoms with E-state index < -0.39 is 0 Å². The second-order valence-corrected chi connectivity index (χ2v) is 9.49. The second-order valence-electron chi connectivity index (χ2n) is 9.49. The van der Waals surface area contributed by atoms with Gasteiger partial charge in [-0.25, -0.2) is 0 Å². The Hall–Kier alpha value is -1.56. The summed E-state index contributed by atoms with van der Waals surface area (Å²) in [5.74, 6) is 3.57. The number of hydrogen-bond donors (Lipinski definition) is 0. The maximum atomic E-state index is 2.47. The zero-order valence-corrected chi connectivity index (χ0v) is 15.7. The largest absolute Gasteiger partial charge is 0.0619 e. The lowest BCUT2D eigenvalue weighted by atomic mass is 9.47. The Labute approximate surface area is 152 Å². The minimum absolute atomic E-state index is 0.468. The van der Waals surface area contributed by atoms with Crippen LogP contribution in [0.3, 0.4) is 0 Å². The van der Waals surface area contributed by atoms with Gasteiger partial charge in [0, 0.05) is 0 Å². The predicted octanol–water partition coefficient (Wildman–Crippen LogP) is 6.94. The zero-order chi connectivity index (χ0) is 17.0. The predicted molar refractivity (Wildman–Crippen MR) is 106 cm³/mol. The first kappa shape index (κ1) is 15.7. The van der Waals surface area contributed by atoms with Crippen molar-refractivity contribution in [2.75, 3.05) is 0 Å². The smallest absolute Gasteiger partial charge is 0.00329 e. The molecule has 25 heavy (non-hydrogen) atoms. The molecule has 0 heterocycles. The highest BCUT2D eigenvalue weighted by Crippen LogP contribution is 2.61. The molecule has 0 N–H and O–H groups in total. The maximum absolute atomic E-state index is 2.47. The quantitative estimate of drug-likeness (QED) is 0.571. The summed E-state index contributed by atoms with van der Waals surface area (Å²) in [7, 11) is 0. The summed E-state index contributed by atoms with van der Waals surface area (Å²) in [5, 5.41) is 0. The maximum Gasteiger partial charge on any atom is -0.00329 e. The molecular weight excluding hydrogens is 300 g/mol. The molecule has 0 heteroatoms. The zero-order valence-electron chi connectivity index (χ0n) is 15.7. The van der Waals surface area contributed by atoms with Crippen LogP contribution in [0.5, 0.6) is 0 Å². The third kappa shape index (κ3) is 2.48. The van der Waals surface area contributed by atoms with Crippen LogP contribution in [-0.4, -0.2) is 0 Å². The van der Waals surface area contributed by atoms with Crippen LogP contribution in [0.1, 0.15) is 69.4 Å². The second kappa shape index (κ2) is 5.73. The lowest BCUT2D eigenvalue weighted by Gasteiger charge is -2.57. The van der Waals surface area contributed by atoms with E-state index in [9.17, 15) is 0 Å². The van der Waals surface area contributed by atoms with Gasteiger partial charge in [0.25, 0.3) is 0 Å². The van der Waals surface area contributed by atoms with Crippen molar-refractivity contribution in [3.05, 3.63) is 59.7 Å². The summed E-state index contributed by atoms with van der Waals surface area (Å²) in [5.41, 5.74) is 6.63. The van der Waals surface area contributed by atoms with E-state index in [2.05, 4.69) is 62.4 Å². The molecule has 0 nitrogen and oxygen atoms in total. The highest BCUT2D eigenvalue weighted by molar-refractivity contribution is 5.72. The molecule has 0 aromatic heterocycles. The third-order valence-electron chi connectivity index (χ3n) is 7.41. The van der Waals surface area contributed by atoms with Crippen LogP contribution in [0.4, 0.5) is 0 Å². The van der Waals surface area contributed by atoms with Gasteiger partial charge in [-0.3, -0.25) is 0 Å². The molecule has 0 radical (unpaired) electrons. The molecule has 4 aliphatic rings. The van der Waals surface area contributed by atoms with E-state index in [1.165, 1.54) is 55.2 Å². The molecule has 6 rings (SSSR count). The van der Waals surface area contributed by atoms with Gasteiger partial charge >= 0.3 is 0 Å². The van der Waals surface area contributed by atoms with E-state index in [4.69, 9.17) is 0 Å². The summed E-state index contributed by atoms with van der Waals surface area (Å²) in [6, 6.07) is 18.5. The van der Waals surface area contributed by atoms with Gasteiger partial charge in [0.05, 0.1) is 0 Å². The van der Waals surface area contributed by atoms with Crippen LogP contribution < -0.4 is 0 Å². The standard InChI is InChI=1S/C25H30/c1-17(2)21-7-3-4-8-22(21)23-9-5-6-10-24(23)25-14-18-11-19(15-25)13-20(12-18)16-25/h3-10,17-20H,11-16H2,1-2H3. The van der Waals surface area contributed by atoms with Crippen molar-refractivity contribution in [1.29, 1.82) is 0 Å². The topological polar surface area (TPSA) is 0 Å². The minimum Gasteiger partial charge on any atom is -0.0619 e. The van der Waals surface area contributed by atoms with E-state index in [1.807, 2.05) is 0 Å². The molecule has 4 saturated carbocycles. The lowest BCUT2D eigenvalue weighted by molar-refractivity contribution is -0.00492. The van der Waals surface area contributed by atoms with Crippen LogP contribution in [0.25, 0.3) is 11.1 Å². The third-order valence-corrected chi connectivity index (χ3v) is 7.41. The summed E-state index contributed by atoms with van der Waals surface area (Å²) in [6.07, 6.45) is 8.89. The Balaban J connectivity index is 1.66. The number of benzene rings is 2. The molecule has 0 atom stereocenters. The Morgan fingerprint density at radius 3 is 1.84 bits per heavy atom. The van der Waals surface area contributed by atoms with Crippen LogP contribution in [-0.2, 0) is 5.41 Å². The first-order valence-electron chi connectivity index (χ1n) is 10.3. The molecule has 4 aliphatic carbocycles. The number of hydrogen-bond acceptors (Lipinski definition) is 0. The molecule has 2 aromatic rings. The fourth-order valence-electron chi connectivity index (χ4n) is 6.87. The van der Waals surface area contributed by atoms with Crippen LogP contribution >= 0.6 is 0 Å². The monoisotopic (exact) mass is 330 g/mol. The normalized spacial score (nSPS) is 33.2. The Morgan fingerprint density at radius 2 is 1.24 bits per heavy atom. The molecule has 0 amide bonds. The minimum atomic E-state index is 0.468. The van der Waals surface area contributed by atoms with Crippen molar-refractivity contribution in [1.82, 2.24) is 0 Å². The van der Waals surface area contributed by atoms with Crippen LogP contribution in [0.15, 0.2) is 48.5 Å². The van der Waals surface area contributed by atoms with Crippen LogP contribution in [0.2, 0.25) is 0 Å². The van der Waals surface area contributed by atoms with E-state index in [1.54, 1.807) is 5.56 Å². The van der Waals surface area contributed by atoms with Crippen molar-refractivity contribution in [3.8, 4) is 11.1 Å². The lowest BCUT2D eigenvalue weighted by Crippen LogP contribution is -2.48. The molecule has 0 unspecified atom stereocenters. The first-order chi connectivity index (χ1) is 12.1. The molecule has 0 spiro atoms. The highest BCUT2D eigenvalue weighted by atomic mass is 14.6. The molecular formula is C25H30. The molecule has 130 valence electrons. The molecule has 0 aliphatic heterocycles. The van der Waals surface area contributed by atoms with E-state index >= 15 is 0 Å². The molecule has 4 fully saturated rings. The van der Waals surface area contributed by atoms with Gasteiger partial charge in [-0.2, -0.15) is 0 Å². The Morgan fingerprint density at radius 1 is 0.720 bits per heavy atom. The van der Waals surface area contributed by atoms with E-state index in [0.717, 1.165) is 17.8 Å². The number of rotatable bonds is 3. The fraction of sp³-hybridized carbons (Fsp3) is 0.520. The summed E-state index contributed by atoms with van der Waals surface area (Å²) < 4.78 is 0. The van der Waals surface area contributed by atoms with E-state index in [0.29, 0.717) is 11.3 Å². The van der Waals surface area contributed by atoms with Gasteiger partial charge in [0.1, 0.15) is 0 Å². The van der Waals surface area contributed by atoms with Crippen molar-refractivity contribution in [2.45, 2.75) is 63.7 Å². The average molecular weight is 331 g/mol. The van der Waals surface area contributed by atoms with E-state index in [-0.39, 0.29) is 0 Å². The van der Waals surface area contributed by atoms with Gasteiger partial charge in [-0.1, -0.05) is 62.4 Å². The van der Waals surface area contributed by atoms with Crippen LogP contribution in [0, 0.1) is 17.8 Å². The van der Waals surface area contributed by atoms with Gasteiger partial charge in [0.2, 0.25) is 0 Å². The summed E-state index contributed by atoms with van der Waals surface area (Å²) in [6.45, 7) is 4.65. The highest BCUT2D eigenvalue weighted by Gasteiger charge is 2.52. The Kier molecular flexibility index (Phi) is 3.59. The van der Waals surface area contributed by atoms with Crippen molar-refractivity contribution in [2.24, 2.45) is 17.8 Å². The first-order valence-corrected chi connectivity index (χ1v) is 10.3. The van der Waals surface area contributed by atoms with Gasteiger partial charge in [-0.15, -0.1) is 0 Å². The summed E-state index contributed by atoms with van der Waals surface area (Å²) in [4.78, 5) is 0. The van der Waals surface area contributed by atoms with Gasteiger partial charge in [-0.05, 0) is 89.9 Å². The van der Waals surface area contributed by atoms with Crippen molar-refractivity contribution >= 4 is 0 Å². The molecule has 2 aromatic carbocycles.